The van der Waals surface area contributed by atoms with Gasteiger partial charge in [0.25, 0.3) is 5.91 Å². The molecule has 1 aromatic carbocycles. The van der Waals surface area contributed by atoms with Gasteiger partial charge in [0.2, 0.25) is 5.52 Å². The van der Waals surface area contributed by atoms with Gasteiger partial charge in [0.05, 0.1) is 6.07 Å². The zero-order valence-corrected chi connectivity index (χ0v) is 9.80. The summed E-state index contributed by atoms with van der Waals surface area (Å²) in [4.78, 5) is 11.5. The lowest BCUT2D eigenvalue weighted by Gasteiger charge is -2.07. The Kier molecular flexibility index (Phi) is 2.89. The Labute approximate surface area is 104 Å². The van der Waals surface area contributed by atoms with Gasteiger partial charge in [0, 0.05) is 22.7 Å². The molecule has 5 heteroatoms. The van der Waals surface area contributed by atoms with Crippen molar-refractivity contribution in [2.75, 3.05) is 5.32 Å². The predicted octanol–water partition coefficient (Wildman–Crippen LogP) is 1.69. The standard InChI is InChI=1S/C13H12N2O3/c1-8(2)13(17)14-10-4-5-11-9(7-10)3-6-12(16)15(11)18/h3-7,16H,1H2,2H3,(H,14,17). The SMILES string of the molecule is C=C(C)C(=O)Nc1ccc2c(ccc(O)[n+]2[O-])c1. The fourth-order valence-electron chi connectivity index (χ4n) is 1.54. The summed E-state index contributed by atoms with van der Waals surface area (Å²) in [7, 11) is 0. The van der Waals surface area contributed by atoms with Crippen LogP contribution in [-0.4, -0.2) is 11.0 Å². The van der Waals surface area contributed by atoms with E-state index < -0.39 is 0 Å². The molecule has 0 bridgehead atoms. The Morgan fingerprint density at radius 1 is 1.39 bits per heavy atom. The zero-order valence-electron chi connectivity index (χ0n) is 9.80. The van der Waals surface area contributed by atoms with E-state index in [9.17, 15) is 15.1 Å². The van der Waals surface area contributed by atoms with E-state index in [-0.39, 0.29) is 11.8 Å². The van der Waals surface area contributed by atoms with E-state index in [0.29, 0.717) is 26.9 Å². The first-order valence-corrected chi connectivity index (χ1v) is 5.31. The first kappa shape index (κ1) is 11.9. The third-order valence-corrected chi connectivity index (χ3v) is 2.51. The van der Waals surface area contributed by atoms with Gasteiger partial charge in [-0.15, -0.1) is 4.73 Å². The molecule has 0 spiro atoms. The minimum atomic E-state index is -0.360. The topological polar surface area (TPSA) is 76.3 Å². The lowest BCUT2D eigenvalue weighted by Crippen LogP contribution is -2.26. The first-order chi connectivity index (χ1) is 8.49. The normalized spacial score (nSPS) is 10.3. The molecule has 2 N–H and O–H groups in total. The summed E-state index contributed by atoms with van der Waals surface area (Å²) in [5.74, 6) is -0.635. The number of nitrogens with one attached hydrogen (secondary N) is 1. The maximum absolute atomic E-state index is 11.5. The fourth-order valence-corrected chi connectivity index (χ4v) is 1.54. The highest BCUT2D eigenvalue weighted by molar-refractivity contribution is 6.03. The Hall–Kier alpha value is -2.56. The number of pyridine rings is 1. The second kappa shape index (κ2) is 4.37. The number of aromatic hydroxyl groups is 1. The summed E-state index contributed by atoms with van der Waals surface area (Å²) in [6.45, 7) is 5.15. The lowest BCUT2D eigenvalue weighted by atomic mass is 10.2. The molecular weight excluding hydrogens is 232 g/mol. The number of hydrogen-bond donors (Lipinski definition) is 2. The molecule has 92 valence electrons. The van der Waals surface area contributed by atoms with Crippen molar-refractivity contribution in [2.24, 2.45) is 0 Å². The maximum atomic E-state index is 11.5. The smallest absolute Gasteiger partial charge is 0.377 e. The maximum Gasteiger partial charge on any atom is 0.377 e. The Morgan fingerprint density at radius 3 is 2.78 bits per heavy atom. The van der Waals surface area contributed by atoms with Crippen LogP contribution in [0.4, 0.5) is 5.69 Å². The van der Waals surface area contributed by atoms with E-state index in [1.165, 1.54) is 12.1 Å². The van der Waals surface area contributed by atoms with E-state index in [2.05, 4.69) is 11.9 Å². The van der Waals surface area contributed by atoms with E-state index in [0.717, 1.165) is 0 Å². The molecule has 2 aromatic rings. The van der Waals surface area contributed by atoms with Crippen LogP contribution >= 0.6 is 0 Å². The molecule has 1 heterocycles. The van der Waals surface area contributed by atoms with Gasteiger partial charge < -0.3 is 15.6 Å². The van der Waals surface area contributed by atoms with Gasteiger partial charge >= 0.3 is 5.88 Å². The second-order valence-electron chi connectivity index (χ2n) is 3.99. The van der Waals surface area contributed by atoms with Gasteiger partial charge in [-0.2, -0.15) is 0 Å². The average molecular weight is 244 g/mol. The number of aromatic nitrogens is 1. The van der Waals surface area contributed by atoms with Crippen LogP contribution in [0.1, 0.15) is 6.92 Å². The molecule has 18 heavy (non-hydrogen) atoms. The molecule has 0 atom stereocenters. The van der Waals surface area contributed by atoms with Crippen LogP contribution in [0.25, 0.3) is 10.9 Å². The van der Waals surface area contributed by atoms with Crippen LogP contribution < -0.4 is 10.0 Å². The average Bonchev–Trinajstić information content (AvgIpc) is 2.34. The number of anilines is 1. The molecule has 1 aromatic heterocycles. The molecule has 1 amide bonds. The van der Waals surface area contributed by atoms with Gasteiger partial charge in [0.15, 0.2) is 0 Å². The van der Waals surface area contributed by atoms with Crippen LogP contribution in [0.5, 0.6) is 5.88 Å². The first-order valence-electron chi connectivity index (χ1n) is 5.31. The Balaban J connectivity index is 2.43. The van der Waals surface area contributed by atoms with Gasteiger partial charge in [-0.3, -0.25) is 4.79 Å². The van der Waals surface area contributed by atoms with Crippen LogP contribution in [0, 0.1) is 5.21 Å². The monoisotopic (exact) mass is 244 g/mol. The van der Waals surface area contributed by atoms with Gasteiger partial charge in [-0.05, 0) is 25.1 Å². The summed E-state index contributed by atoms with van der Waals surface area (Å²) in [6, 6.07) is 7.70. The molecule has 0 aliphatic rings. The molecular formula is C13H12N2O3. The molecule has 0 saturated carbocycles. The number of rotatable bonds is 2. The highest BCUT2D eigenvalue weighted by atomic mass is 16.5. The highest BCUT2D eigenvalue weighted by Crippen LogP contribution is 2.18. The van der Waals surface area contributed by atoms with Crippen LogP contribution in [0.15, 0.2) is 42.5 Å². The number of carbonyl (C=O) groups is 1. The van der Waals surface area contributed by atoms with Crippen molar-refractivity contribution in [1.29, 1.82) is 0 Å². The van der Waals surface area contributed by atoms with Gasteiger partial charge in [0.1, 0.15) is 0 Å². The van der Waals surface area contributed by atoms with Crippen molar-refractivity contribution in [3.05, 3.63) is 47.7 Å². The molecule has 0 unspecified atom stereocenters. The van der Waals surface area contributed by atoms with Crippen molar-refractivity contribution in [2.45, 2.75) is 6.92 Å². The van der Waals surface area contributed by atoms with Crippen LogP contribution in [0.2, 0.25) is 0 Å². The number of fused-ring (bicyclic) bond motifs is 1. The number of amides is 1. The second-order valence-corrected chi connectivity index (χ2v) is 3.99. The van der Waals surface area contributed by atoms with Crippen molar-refractivity contribution in [3.8, 4) is 5.88 Å². The van der Waals surface area contributed by atoms with E-state index in [1.54, 1.807) is 25.1 Å². The van der Waals surface area contributed by atoms with Crippen molar-refractivity contribution < 1.29 is 14.6 Å². The minimum Gasteiger partial charge on any atom is -0.616 e. The third-order valence-electron chi connectivity index (χ3n) is 2.51. The molecule has 0 radical (unpaired) electrons. The van der Waals surface area contributed by atoms with Gasteiger partial charge in [-0.25, -0.2) is 0 Å². The van der Waals surface area contributed by atoms with E-state index in [1.807, 2.05) is 0 Å². The highest BCUT2D eigenvalue weighted by Gasteiger charge is 2.10. The molecule has 2 rings (SSSR count). The summed E-state index contributed by atoms with van der Waals surface area (Å²) < 4.78 is 0.430. The van der Waals surface area contributed by atoms with Crippen molar-refractivity contribution in [3.63, 3.8) is 0 Å². The van der Waals surface area contributed by atoms with Crippen molar-refractivity contribution in [1.82, 2.24) is 0 Å². The van der Waals surface area contributed by atoms with E-state index >= 15 is 0 Å². The third kappa shape index (κ3) is 2.10. The van der Waals surface area contributed by atoms with E-state index in [4.69, 9.17) is 0 Å². The number of carbonyl (C=O) groups excluding carboxylic acids is 1. The van der Waals surface area contributed by atoms with Gasteiger partial charge in [-0.1, -0.05) is 6.58 Å². The predicted molar refractivity (Wildman–Crippen MR) is 68.0 cm³/mol. The molecule has 0 aliphatic heterocycles. The summed E-state index contributed by atoms with van der Waals surface area (Å²) in [5.41, 5.74) is 1.31. The minimum absolute atomic E-state index is 0.275. The van der Waals surface area contributed by atoms with Crippen LogP contribution in [0.3, 0.4) is 0 Å². The Bertz CT molecular complexity index is 650. The molecule has 5 nitrogen and oxygen atoms in total. The summed E-state index contributed by atoms with van der Waals surface area (Å²) in [6.07, 6.45) is 0. The largest absolute Gasteiger partial charge is 0.616 e. The summed E-state index contributed by atoms with van der Waals surface area (Å²) in [5, 5.41) is 24.1. The number of hydrogen-bond acceptors (Lipinski definition) is 3. The zero-order chi connectivity index (χ0) is 13.3. The number of benzene rings is 1. The molecule has 0 fully saturated rings. The summed E-state index contributed by atoms with van der Waals surface area (Å²) >= 11 is 0. The quantitative estimate of drug-likeness (QED) is 0.479. The Morgan fingerprint density at radius 2 is 2.11 bits per heavy atom. The number of nitrogens with zero attached hydrogens (tertiary/aromatic N) is 1. The molecule has 0 aliphatic carbocycles. The van der Waals surface area contributed by atoms with Crippen LogP contribution in [-0.2, 0) is 4.79 Å². The van der Waals surface area contributed by atoms with Crippen molar-refractivity contribution >= 4 is 22.5 Å². The fraction of sp³-hybridized carbons (Fsp3) is 0.0769. The molecule has 0 saturated heterocycles. The lowest BCUT2D eigenvalue weighted by molar-refractivity contribution is -0.585.